The van der Waals surface area contributed by atoms with Gasteiger partial charge in [0, 0.05) is 18.0 Å². The molecule has 3 fully saturated rings. The first-order valence-corrected chi connectivity index (χ1v) is 15.3. The normalized spacial score (nSPS) is 29.5. The quantitative estimate of drug-likeness (QED) is 0.105. The molecular formula is C31H23Cl2F5N2O8. The number of carboxylic acids is 1. The zero-order valence-electron chi connectivity index (χ0n) is 24.3. The minimum Gasteiger partial charge on any atom is -0.491 e. The fraction of sp³-hybridized carbons (Fsp3) is 0.387. The van der Waals surface area contributed by atoms with Crippen LogP contribution in [0.5, 0.6) is 5.75 Å². The van der Waals surface area contributed by atoms with Crippen LogP contribution in [0.4, 0.5) is 27.6 Å². The molecule has 2 N–H and O–H groups in total. The van der Waals surface area contributed by atoms with Crippen molar-refractivity contribution in [2.24, 2.45) is 17.8 Å². The number of amides is 4. The maximum absolute atomic E-state index is 15.2. The first-order chi connectivity index (χ1) is 22.6. The van der Waals surface area contributed by atoms with Gasteiger partial charge in [0.25, 0.3) is 11.8 Å². The largest absolute Gasteiger partial charge is 0.491 e. The van der Waals surface area contributed by atoms with Gasteiger partial charge >= 0.3 is 5.97 Å². The molecule has 2 aliphatic heterocycles. The smallest absolute Gasteiger partial charge is 0.305 e. The highest BCUT2D eigenvalue weighted by Crippen LogP contribution is 2.66. The van der Waals surface area contributed by atoms with Crippen LogP contribution in [-0.2, 0) is 24.0 Å². The first kappa shape index (κ1) is 33.8. The van der Waals surface area contributed by atoms with Gasteiger partial charge in [-0.05, 0) is 24.8 Å². The number of carbonyl (C=O) groups is 5. The van der Waals surface area contributed by atoms with E-state index in [0.717, 1.165) is 4.90 Å². The van der Waals surface area contributed by atoms with Crippen molar-refractivity contribution < 1.29 is 60.9 Å². The number of alkyl halides is 2. The van der Waals surface area contributed by atoms with Crippen molar-refractivity contribution in [2.45, 2.75) is 34.9 Å². The summed E-state index contributed by atoms with van der Waals surface area (Å²) in [6, 6.07) is 5.82. The molecule has 254 valence electrons. The third-order valence-electron chi connectivity index (χ3n) is 9.44. The van der Waals surface area contributed by atoms with E-state index < -0.39 is 124 Å². The topological polar surface area (TPSA) is 142 Å². The van der Waals surface area contributed by atoms with Gasteiger partial charge in [0.15, 0.2) is 33.0 Å². The Morgan fingerprint density at radius 3 is 2.17 bits per heavy atom. The summed E-state index contributed by atoms with van der Waals surface area (Å²) < 4.78 is 78.7. The van der Waals surface area contributed by atoms with E-state index in [2.05, 4.69) is 0 Å². The van der Waals surface area contributed by atoms with Crippen molar-refractivity contribution in [3.05, 3.63) is 70.6 Å². The van der Waals surface area contributed by atoms with E-state index >= 15 is 8.78 Å². The monoisotopic (exact) mass is 716 g/mol. The van der Waals surface area contributed by atoms with Crippen molar-refractivity contribution in [1.29, 1.82) is 0 Å². The third-order valence-corrected chi connectivity index (χ3v) is 10.9. The highest BCUT2D eigenvalue weighted by molar-refractivity contribution is 6.58. The van der Waals surface area contributed by atoms with Crippen LogP contribution in [0.1, 0.15) is 30.7 Å². The Balaban J connectivity index is 1.57. The summed E-state index contributed by atoms with van der Waals surface area (Å²) in [5, 5.41) is 18.6. The number of likely N-dealkylation sites (tertiary alicyclic amines) is 1. The Hall–Kier alpha value is -4.08. The highest BCUT2D eigenvalue weighted by Gasteiger charge is 2.77. The fourth-order valence-corrected chi connectivity index (χ4v) is 8.34. The molecule has 10 nitrogen and oxygen atoms in total. The molecule has 6 atom stereocenters. The van der Waals surface area contributed by atoms with E-state index in [1.165, 1.54) is 30.3 Å². The van der Waals surface area contributed by atoms with Crippen LogP contribution in [0, 0.1) is 46.8 Å². The second kappa shape index (κ2) is 11.8. The third kappa shape index (κ3) is 4.50. The number of aliphatic hydroxyl groups is 1. The number of hydrogen-bond donors (Lipinski definition) is 2. The number of aliphatic hydroxyl groups excluding tert-OH is 1. The van der Waals surface area contributed by atoms with Crippen LogP contribution in [0.2, 0.25) is 0 Å². The number of para-hydroxylation sites is 1. The van der Waals surface area contributed by atoms with Crippen molar-refractivity contribution >= 4 is 58.5 Å². The van der Waals surface area contributed by atoms with Crippen LogP contribution in [0.3, 0.4) is 0 Å². The predicted molar refractivity (Wildman–Crippen MR) is 154 cm³/mol. The summed E-state index contributed by atoms with van der Waals surface area (Å²) in [7, 11) is 0. The predicted octanol–water partition coefficient (Wildman–Crippen LogP) is 3.79. The number of allylic oxidation sites excluding steroid dienone is 2. The number of ether oxygens (including phenoxy) is 1. The number of rotatable bonds is 8. The average molecular weight is 717 g/mol. The van der Waals surface area contributed by atoms with Crippen molar-refractivity contribution in [3.63, 3.8) is 0 Å². The second-order valence-electron chi connectivity index (χ2n) is 11.8. The molecule has 6 unspecified atom stereocenters. The molecule has 6 rings (SSSR count). The van der Waals surface area contributed by atoms with E-state index in [1.54, 1.807) is 0 Å². The molecule has 0 spiro atoms. The Labute approximate surface area is 277 Å². The molecule has 2 heterocycles. The minimum absolute atomic E-state index is 0.00565. The molecule has 2 saturated heterocycles. The number of hydrogen-bond acceptors (Lipinski definition) is 7. The molecule has 4 amide bonds. The lowest BCUT2D eigenvalue weighted by Gasteiger charge is -2.51. The van der Waals surface area contributed by atoms with Gasteiger partial charge in [-0.25, -0.2) is 26.9 Å². The zero-order chi connectivity index (χ0) is 35.0. The zero-order valence-corrected chi connectivity index (χ0v) is 25.8. The van der Waals surface area contributed by atoms with Crippen LogP contribution < -0.4 is 9.64 Å². The summed E-state index contributed by atoms with van der Waals surface area (Å²) >= 11 is 14.2. The minimum atomic E-state index is -2.74. The molecule has 0 bridgehead atoms. The van der Waals surface area contributed by atoms with E-state index in [4.69, 9.17) is 33.0 Å². The lowest BCUT2D eigenvalue weighted by molar-refractivity contribution is -0.142. The molecule has 17 heteroatoms. The van der Waals surface area contributed by atoms with Crippen LogP contribution >= 0.6 is 23.2 Å². The van der Waals surface area contributed by atoms with Crippen molar-refractivity contribution in [3.8, 4) is 5.75 Å². The molecule has 2 aromatic carbocycles. The van der Waals surface area contributed by atoms with Gasteiger partial charge in [0.2, 0.25) is 17.6 Å². The Bertz CT molecular complexity index is 1810. The van der Waals surface area contributed by atoms with Crippen molar-refractivity contribution in [1.82, 2.24) is 4.90 Å². The molecule has 2 aliphatic carbocycles. The van der Waals surface area contributed by atoms with E-state index in [-0.39, 0.29) is 34.8 Å². The lowest BCUT2D eigenvalue weighted by Crippen LogP contribution is -2.60. The summed E-state index contributed by atoms with van der Waals surface area (Å²) in [4.78, 5) is 61.9. The number of aliphatic carboxylic acids is 1. The van der Waals surface area contributed by atoms with Crippen LogP contribution in [0.15, 0.2) is 35.9 Å². The number of anilines is 1. The number of carboxylic acid groups (broad SMARTS) is 1. The molecule has 0 radical (unpaired) electrons. The number of imide groups is 2. The second-order valence-corrected chi connectivity index (χ2v) is 13.0. The number of fused-ring (bicyclic) bond motifs is 4. The molecule has 2 aromatic rings. The van der Waals surface area contributed by atoms with Gasteiger partial charge in [-0.2, -0.15) is 0 Å². The molecule has 48 heavy (non-hydrogen) atoms. The van der Waals surface area contributed by atoms with E-state index in [9.17, 15) is 42.3 Å². The van der Waals surface area contributed by atoms with Gasteiger partial charge < -0.3 is 14.9 Å². The van der Waals surface area contributed by atoms with Crippen LogP contribution in [0.25, 0.3) is 0 Å². The fourth-order valence-electron chi connectivity index (χ4n) is 7.41. The number of carbonyl (C=O) groups excluding carboxylic acids is 4. The van der Waals surface area contributed by atoms with Gasteiger partial charge in [-0.1, -0.05) is 29.8 Å². The summed E-state index contributed by atoms with van der Waals surface area (Å²) in [5.41, 5.74) is -1.65. The summed E-state index contributed by atoms with van der Waals surface area (Å²) in [6.07, 6.45) is 0.134. The van der Waals surface area contributed by atoms with Gasteiger partial charge in [-0.3, -0.25) is 28.9 Å². The maximum Gasteiger partial charge on any atom is 0.305 e. The maximum atomic E-state index is 15.2. The SMILES string of the molecule is O=C(O)CCN1C(=O)C2CC=C3C(CC4(Cl)C(=O)N(c5c(F)c(F)c(F)c(F)c5F)C(=O)C4(Cl)C3c3ccccc3OCCO)C2C1=O. The van der Waals surface area contributed by atoms with E-state index in [1.807, 2.05) is 0 Å². The Morgan fingerprint density at radius 1 is 0.917 bits per heavy atom. The first-order valence-electron chi connectivity index (χ1n) is 14.5. The van der Waals surface area contributed by atoms with Gasteiger partial charge in [0.05, 0.1) is 24.9 Å². The summed E-state index contributed by atoms with van der Waals surface area (Å²) in [6.45, 7) is -1.19. The number of benzene rings is 2. The van der Waals surface area contributed by atoms with Crippen LogP contribution in [-0.4, -0.2) is 74.2 Å². The molecule has 0 aromatic heterocycles. The Morgan fingerprint density at radius 2 is 1.54 bits per heavy atom. The Kier molecular flexibility index (Phi) is 8.32. The standard InChI is InChI=1S/C31H23Cl2F5N2O8/c32-30-11-15-12(5-6-14-18(15)27(45)39(26(14)44)8-7-17(42)43)19(13-3-1-2-4-16(13)48-10-9-41)31(30,33)29(47)40(28(30)46)25-23(37)21(35)20(34)22(36)24(25)38/h1-5,14-15,18-19,41H,6-11H2,(H,42,43). The summed E-state index contributed by atoms with van der Waals surface area (Å²) in [5.74, 6) is -23.5. The lowest BCUT2D eigenvalue weighted by atomic mass is 9.56. The molecule has 1 saturated carbocycles. The molecule has 4 aliphatic rings. The van der Waals surface area contributed by atoms with Gasteiger partial charge in [-0.15, -0.1) is 23.2 Å². The van der Waals surface area contributed by atoms with E-state index in [0.29, 0.717) is 0 Å². The van der Waals surface area contributed by atoms with Crippen molar-refractivity contribution in [2.75, 3.05) is 24.7 Å². The number of nitrogens with zero attached hydrogens (tertiary/aromatic N) is 2. The molecular weight excluding hydrogens is 694 g/mol. The highest BCUT2D eigenvalue weighted by atomic mass is 35.5. The average Bonchev–Trinajstić information content (AvgIpc) is 3.38. The number of halogens is 7. The van der Waals surface area contributed by atoms with Gasteiger partial charge in [0.1, 0.15) is 18.0 Å².